The zero-order valence-corrected chi connectivity index (χ0v) is 19.1. The summed E-state index contributed by atoms with van der Waals surface area (Å²) in [4.78, 5) is 24.4. The van der Waals surface area contributed by atoms with Crippen molar-refractivity contribution in [2.24, 2.45) is 0 Å². The van der Waals surface area contributed by atoms with Gasteiger partial charge in [-0.25, -0.2) is 4.68 Å². The lowest BCUT2D eigenvalue weighted by molar-refractivity contribution is -0.384. The summed E-state index contributed by atoms with van der Waals surface area (Å²) in [7, 11) is 0. The molecule has 0 fully saturated rings. The number of benzene rings is 3. The molecule has 3 aromatic carbocycles. The molecule has 7 nitrogen and oxygen atoms in total. The van der Waals surface area contributed by atoms with Gasteiger partial charge in [-0.1, -0.05) is 61.3 Å². The number of hydrogen-bond acceptors (Lipinski definition) is 5. The molecule has 9 heteroatoms. The van der Waals surface area contributed by atoms with Gasteiger partial charge in [0.05, 0.1) is 17.0 Å². The lowest BCUT2D eigenvalue weighted by Crippen LogP contribution is -2.08. The van der Waals surface area contributed by atoms with Crippen molar-refractivity contribution >= 4 is 43.3 Å². The zero-order chi connectivity index (χ0) is 22.0. The molecule has 154 valence electrons. The number of hydrogen-bond donors (Lipinski definition) is 0. The Morgan fingerprint density at radius 2 is 1.55 bits per heavy atom. The number of aromatic nitrogens is 3. The quantitative estimate of drug-likeness (QED) is 0.178. The highest BCUT2D eigenvalue weighted by Crippen LogP contribution is 2.33. The van der Waals surface area contributed by atoms with E-state index in [0.29, 0.717) is 17.8 Å². The fraction of sp³-hybridized carbons (Fsp3) is 0.0455. The SMILES string of the molecule is O=C(c1ccc(Br)cc1)c1nnn(Cc2ccc(Br)cc2)c1-c1ccccc1[N+](=O)[O-]. The largest absolute Gasteiger partial charge is 0.287 e. The molecule has 4 aromatic rings. The number of nitro groups is 1. The highest BCUT2D eigenvalue weighted by molar-refractivity contribution is 9.10. The molecule has 0 saturated heterocycles. The third-order valence-electron chi connectivity index (χ3n) is 4.66. The second-order valence-corrected chi connectivity index (χ2v) is 8.51. The van der Waals surface area contributed by atoms with Gasteiger partial charge < -0.3 is 0 Å². The molecule has 0 aliphatic carbocycles. The van der Waals surface area contributed by atoms with Crippen LogP contribution in [0.2, 0.25) is 0 Å². The van der Waals surface area contributed by atoms with Crippen LogP contribution < -0.4 is 0 Å². The first-order valence-corrected chi connectivity index (χ1v) is 10.7. The normalized spacial score (nSPS) is 10.8. The van der Waals surface area contributed by atoms with Gasteiger partial charge in [0, 0.05) is 20.6 Å². The number of carbonyl (C=O) groups is 1. The maximum atomic E-state index is 13.2. The third-order valence-corrected chi connectivity index (χ3v) is 5.72. The van der Waals surface area contributed by atoms with E-state index in [2.05, 4.69) is 42.2 Å². The first-order valence-electron chi connectivity index (χ1n) is 9.16. The molecule has 0 radical (unpaired) electrons. The summed E-state index contributed by atoms with van der Waals surface area (Å²) < 4.78 is 3.29. The maximum Gasteiger partial charge on any atom is 0.278 e. The van der Waals surface area contributed by atoms with Crippen molar-refractivity contribution in [1.82, 2.24) is 15.0 Å². The minimum absolute atomic E-state index is 0.0636. The molecule has 0 atom stereocenters. The molecule has 1 heterocycles. The minimum Gasteiger partial charge on any atom is -0.287 e. The first-order chi connectivity index (χ1) is 14.9. The Labute approximate surface area is 194 Å². The molecule has 31 heavy (non-hydrogen) atoms. The summed E-state index contributed by atoms with van der Waals surface area (Å²) >= 11 is 6.76. The maximum absolute atomic E-state index is 13.2. The lowest BCUT2D eigenvalue weighted by Gasteiger charge is -2.09. The zero-order valence-electron chi connectivity index (χ0n) is 15.9. The van der Waals surface area contributed by atoms with Crippen LogP contribution in [-0.4, -0.2) is 25.7 Å². The number of ketones is 1. The average Bonchev–Trinajstić information content (AvgIpc) is 3.18. The molecule has 0 spiro atoms. The molecular formula is C22H14Br2N4O3. The van der Waals surface area contributed by atoms with Crippen LogP contribution in [0.1, 0.15) is 21.6 Å². The smallest absolute Gasteiger partial charge is 0.278 e. The second kappa shape index (κ2) is 8.91. The Morgan fingerprint density at radius 1 is 0.935 bits per heavy atom. The van der Waals surface area contributed by atoms with Crippen LogP contribution in [-0.2, 0) is 6.54 Å². The predicted molar refractivity (Wildman–Crippen MR) is 123 cm³/mol. The molecule has 0 amide bonds. The molecule has 0 unspecified atom stereocenters. The van der Waals surface area contributed by atoms with Crippen LogP contribution in [0.15, 0.2) is 81.7 Å². The Balaban J connectivity index is 1.87. The van der Waals surface area contributed by atoms with Gasteiger partial charge in [0.15, 0.2) is 5.69 Å². The number of nitro benzene ring substituents is 1. The van der Waals surface area contributed by atoms with Gasteiger partial charge in [-0.3, -0.25) is 14.9 Å². The van der Waals surface area contributed by atoms with Gasteiger partial charge in [0.2, 0.25) is 5.78 Å². The van der Waals surface area contributed by atoms with E-state index in [1.54, 1.807) is 42.5 Å². The summed E-state index contributed by atoms with van der Waals surface area (Å²) in [6.45, 7) is 0.301. The molecule has 1 aromatic heterocycles. The molecule has 0 bridgehead atoms. The van der Waals surface area contributed by atoms with Gasteiger partial charge in [0.25, 0.3) is 5.69 Å². The van der Waals surface area contributed by atoms with Gasteiger partial charge in [-0.2, -0.15) is 0 Å². The van der Waals surface area contributed by atoms with Crippen molar-refractivity contribution in [2.75, 3.05) is 0 Å². The second-order valence-electron chi connectivity index (χ2n) is 6.68. The molecule has 4 rings (SSSR count). The van der Waals surface area contributed by atoms with E-state index >= 15 is 0 Å². The number of halogens is 2. The van der Waals surface area contributed by atoms with Crippen molar-refractivity contribution in [3.05, 3.63) is 109 Å². The standard InChI is InChI=1S/C22H14Br2N4O3/c23-16-9-5-14(6-10-16)13-27-21(18-3-1-2-4-19(18)28(30)31)20(25-26-27)22(29)15-7-11-17(24)12-8-15/h1-12H,13H2. The highest BCUT2D eigenvalue weighted by Gasteiger charge is 2.27. The number of para-hydroxylation sites is 1. The van der Waals surface area contributed by atoms with Crippen molar-refractivity contribution in [2.45, 2.75) is 6.54 Å². The fourth-order valence-electron chi connectivity index (χ4n) is 3.18. The summed E-state index contributed by atoms with van der Waals surface area (Å²) in [5.41, 5.74) is 1.87. The van der Waals surface area contributed by atoms with E-state index in [0.717, 1.165) is 14.5 Å². The topological polar surface area (TPSA) is 90.9 Å². The van der Waals surface area contributed by atoms with Crippen LogP contribution in [0.4, 0.5) is 5.69 Å². The molecule has 0 aliphatic rings. The van der Waals surface area contributed by atoms with E-state index in [4.69, 9.17) is 0 Å². The van der Waals surface area contributed by atoms with Crippen molar-refractivity contribution in [3.63, 3.8) is 0 Å². The van der Waals surface area contributed by atoms with E-state index in [1.807, 2.05) is 24.3 Å². The number of rotatable bonds is 6. The van der Waals surface area contributed by atoms with E-state index in [9.17, 15) is 14.9 Å². The number of nitrogens with zero attached hydrogens (tertiary/aromatic N) is 4. The molecular weight excluding hydrogens is 528 g/mol. The van der Waals surface area contributed by atoms with E-state index < -0.39 is 4.92 Å². The predicted octanol–water partition coefficient (Wildman–Crippen LogP) is 5.66. The van der Waals surface area contributed by atoms with E-state index in [1.165, 1.54) is 10.7 Å². The minimum atomic E-state index is -0.472. The number of carbonyl (C=O) groups excluding carboxylic acids is 1. The van der Waals surface area contributed by atoms with Gasteiger partial charge in [0.1, 0.15) is 5.69 Å². The van der Waals surface area contributed by atoms with Crippen molar-refractivity contribution < 1.29 is 9.72 Å². The van der Waals surface area contributed by atoms with Crippen LogP contribution in [0, 0.1) is 10.1 Å². The van der Waals surface area contributed by atoms with Crippen LogP contribution in [0.25, 0.3) is 11.3 Å². The monoisotopic (exact) mass is 540 g/mol. The Hall–Kier alpha value is -3.17. The molecule has 0 saturated carbocycles. The van der Waals surface area contributed by atoms with Gasteiger partial charge in [-0.15, -0.1) is 5.10 Å². The summed E-state index contributed by atoms with van der Waals surface area (Å²) in [6.07, 6.45) is 0. The highest BCUT2D eigenvalue weighted by atomic mass is 79.9. The average molecular weight is 542 g/mol. The van der Waals surface area contributed by atoms with Crippen molar-refractivity contribution in [3.8, 4) is 11.3 Å². The summed E-state index contributed by atoms with van der Waals surface area (Å²) in [5, 5.41) is 20.0. The summed E-state index contributed by atoms with van der Waals surface area (Å²) in [5.74, 6) is -0.359. The third kappa shape index (κ3) is 4.47. The first kappa shape index (κ1) is 21.1. The van der Waals surface area contributed by atoms with Crippen molar-refractivity contribution in [1.29, 1.82) is 0 Å². The summed E-state index contributed by atoms with van der Waals surface area (Å²) in [6, 6.07) is 20.7. The van der Waals surface area contributed by atoms with Gasteiger partial charge in [-0.05, 0) is 48.0 Å². The molecule has 0 N–H and O–H groups in total. The van der Waals surface area contributed by atoms with E-state index in [-0.39, 0.29) is 22.7 Å². The van der Waals surface area contributed by atoms with Crippen LogP contribution >= 0.6 is 31.9 Å². The van der Waals surface area contributed by atoms with Crippen LogP contribution in [0.5, 0.6) is 0 Å². The molecule has 0 aliphatic heterocycles. The fourth-order valence-corrected chi connectivity index (χ4v) is 3.71. The van der Waals surface area contributed by atoms with Gasteiger partial charge >= 0.3 is 0 Å². The lowest BCUT2D eigenvalue weighted by atomic mass is 10.0. The Morgan fingerprint density at radius 3 is 2.19 bits per heavy atom. The van der Waals surface area contributed by atoms with Crippen LogP contribution in [0.3, 0.4) is 0 Å². The Bertz CT molecular complexity index is 1270. The Kier molecular flexibility index (Phi) is 6.06.